The molecule has 0 aliphatic rings. The van der Waals surface area contributed by atoms with Crippen molar-refractivity contribution < 1.29 is 9.59 Å². The van der Waals surface area contributed by atoms with Crippen molar-refractivity contribution in [3.8, 4) is 0 Å². The number of aryl methyl sites for hydroxylation is 1. The van der Waals surface area contributed by atoms with Crippen molar-refractivity contribution in [3.63, 3.8) is 0 Å². The predicted molar refractivity (Wildman–Crippen MR) is 99.7 cm³/mol. The molecule has 0 radical (unpaired) electrons. The molecule has 0 atom stereocenters. The standard InChI is InChI=1S/C18H23N5O2/c1-4-19-17-9-14(7-8-20-17)11-21-18(25)23-15-6-5-12(2)16(10-15)22-13(3)24/h5-10H,4,11H2,1-3H3,(H,19,20)(H,22,24)(H2,21,23,25). The average Bonchev–Trinajstić information content (AvgIpc) is 2.56. The summed E-state index contributed by atoms with van der Waals surface area (Å²) in [4.78, 5) is 27.5. The number of urea groups is 1. The van der Waals surface area contributed by atoms with Crippen LogP contribution in [0, 0.1) is 6.92 Å². The quantitative estimate of drug-likeness (QED) is 0.649. The Morgan fingerprint density at radius 2 is 1.92 bits per heavy atom. The summed E-state index contributed by atoms with van der Waals surface area (Å²) in [6, 6.07) is 8.78. The fraction of sp³-hybridized carbons (Fsp3) is 0.278. The van der Waals surface area contributed by atoms with Gasteiger partial charge in [-0.25, -0.2) is 9.78 Å². The van der Waals surface area contributed by atoms with Gasteiger partial charge in [-0.2, -0.15) is 0 Å². The summed E-state index contributed by atoms with van der Waals surface area (Å²) in [7, 11) is 0. The topological polar surface area (TPSA) is 95.1 Å². The molecular weight excluding hydrogens is 318 g/mol. The van der Waals surface area contributed by atoms with Crippen molar-refractivity contribution in [3.05, 3.63) is 47.7 Å². The Bertz CT molecular complexity index is 761. The van der Waals surface area contributed by atoms with Crippen molar-refractivity contribution >= 4 is 29.1 Å². The molecule has 0 unspecified atom stereocenters. The third-order valence-electron chi connectivity index (χ3n) is 3.44. The monoisotopic (exact) mass is 341 g/mol. The Labute approximate surface area is 147 Å². The van der Waals surface area contributed by atoms with E-state index >= 15 is 0 Å². The van der Waals surface area contributed by atoms with Crippen molar-refractivity contribution in [2.24, 2.45) is 0 Å². The summed E-state index contributed by atoms with van der Waals surface area (Å²) in [5.41, 5.74) is 3.16. The first kappa shape index (κ1) is 18.3. The number of amides is 3. The Kier molecular flexibility index (Phi) is 6.33. The van der Waals surface area contributed by atoms with Crippen LogP contribution in [0.4, 0.5) is 22.0 Å². The molecule has 2 aromatic rings. The molecule has 3 amide bonds. The van der Waals surface area contributed by atoms with Crippen LogP contribution in [0.1, 0.15) is 25.0 Å². The smallest absolute Gasteiger partial charge is 0.319 e. The Balaban J connectivity index is 1.94. The maximum absolute atomic E-state index is 12.1. The fourth-order valence-electron chi connectivity index (χ4n) is 2.24. The largest absolute Gasteiger partial charge is 0.370 e. The molecule has 1 aromatic carbocycles. The van der Waals surface area contributed by atoms with Crippen LogP contribution in [0.5, 0.6) is 0 Å². The van der Waals surface area contributed by atoms with Crippen LogP contribution in [0.2, 0.25) is 0 Å². The van der Waals surface area contributed by atoms with Crippen LogP contribution in [0.3, 0.4) is 0 Å². The van der Waals surface area contributed by atoms with Gasteiger partial charge in [0.05, 0.1) is 0 Å². The number of aromatic nitrogens is 1. The van der Waals surface area contributed by atoms with E-state index in [9.17, 15) is 9.59 Å². The lowest BCUT2D eigenvalue weighted by Crippen LogP contribution is -2.28. The van der Waals surface area contributed by atoms with Crippen LogP contribution in [0.25, 0.3) is 0 Å². The molecule has 0 aliphatic carbocycles. The first-order valence-corrected chi connectivity index (χ1v) is 8.10. The second-order valence-electron chi connectivity index (χ2n) is 5.60. The molecule has 0 saturated carbocycles. The summed E-state index contributed by atoms with van der Waals surface area (Å²) in [6.07, 6.45) is 1.70. The van der Waals surface area contributed by atoms with Gasteiger partial charge in [0.2, 0.25) is 5.91 Å². The van der Waals surface area contributed by atoms with E-state index in [0.29, 0.717) is 17.9 Å². The summed E-state index contributed by atoms with van der Waals surface area (Å²) in [5, 5.41) is 11.4. The molecule has 1 aromatic heterocycles. The molecule has 0 aliphatic heterocycles. The normalized spacial score (nSPS) is 10.0. The number of benzene rings is 1. The summed E-state index contributed by atoms with van der Waals surface area (Å²) in [5.74, 6) is 0.625. The van der Waals surface area contributed by atoms with E-state index in [1.807, 2.05) is 32.0 Å². The van der Waals surface area contributed by atoms with E-state index in [0.717, 1.165) is 23.5 Å². The molecule has 2 rings (SSSR count). The van der Waals surface area contributed by atoms with Crippen LogP contribution >= 0.6 is 0 Å². The zero-order valence-electron chi connectivity index (χ0n) is 14.6. The van der Waals surface area contributed by atoms with E-state index in [4.69, 9.17) is 0 Å². The maximum Gasteiger partial charge on any atom is 0.319 e. The number of nitrogens with one attached hydrogen (secondary N) is 4. The molecule has 1 heterocycles. The Morgan fingerprint density at radius 3 is 2.64 bits per heavy atom. The van der Waals surface area contributed by atoms with E-state index in [2.05, 4.69) is 26.3 Å². The molecule has 0 saturated heterocycles. The van der Waals surface area contributed by atoms with Gasteiger partial charge in [0.1, 0.15) is 5.82 Å². The molecule has 4 N–H and O–H groups in total. The molecule has 0 spiro atoms. The number of hydrogen-bond donors (Lipinski definition) is 4. The molecule has 25 heavy (non-hydrogen) atoms. The van der Waals surface area contributed by atoms with E-state index < -0.39 is 0 Å². The van der Waals surface area contributed by atoms with E-state index in [1.54, 1.807) is 18.3 Å². The third-order valence-corrected chi connectivity index (χ3v) is 3.44. The highest BCUT2D eigenvalue weighted by Crippen LogP contribution is 2.20. The number of nitrogens with zero attached hydrogens (tertiary/aromatic N) is 1. The summed E-state index contributed by atoms with van der Waals surface area (Å²) in [6.45, 7) is 6.51. The van der Waals surface area contributed by atoms with Gasteiger partial charge in [-0.1, -0.05) is 6.07 Å². The second-order valence-corrected chi connectivity index (χ2v) is 5.60. The van der Waals surface area contributed by atoms with Gasteiger partial charge >= 0.3 is 6.03 Å². The van der Waals surface area contributed by atoms with E-state index in [1.165, 1.54) is 6.92 Å². The highest BCUT2D eigenvalue weighted by Gasteiger charge is 2.06. The van der Waals surface area contributed by atoms with Crippen LogP contribution < -0.4 is 21.3 Å². The fourth-order valence-corrected chi connectivity index (χ4v) is 2.24. The second kappa shape index (κ2) is 8.68. The molecule has 0 bridgehead atoms. The van der Waals surface area contributed by atoms with Gasteiger partial charge in [0.15, 0.2) is 0 Å². The minimum Gasteiger partial charge on any atom is -0.370 e. The first-order chi connectivity index (χ1) is 12.0. The van der Waals surface area contributed by atoms with Crippen molar-refractivity contribution in [2.45, 2.75) is 27.3 Å². The molecule has 0 fully saturated rings. The summed E-state index contributed by atoms with van der Waals surface area (Å²) >= 11 is 0. The first-order valence-electron chi connectivity index (χ1n) is 8.10. The van der Waals surface area contributed by atoms with Gasteiger partial charge < -0.3 is 21.3 Å². The van der Waals surface area contributed by atoms with Crippen LogP contribution in [-0.4, -0.2) is 23.5 Å². The predicted octanol–water partition coefficient (Wildman–Crippen LogP) is 3.10. The highest BCUT2D eigenvalue weighted by atomic mass is 16.2. The third kappa shape index (κ3) is 5.80. The number of pyridine rings is 1. The van der Waals surface area contributed by atoms with Gasteiger partial charge in [0.25, 0.3) is 0 Å². The molecule has 132 valence electrons. The lowest BCUT2D eigenvalue weighted by Gasteiger charge is -2.12. The number of anilines is 3. The number of carbonyl (C=O) groups excluding carboxylic acids is 2. The molecule has 7 nitrogen and oxygen atoms in total. The van der Waals surface area contributed by atoms with Crippen LogP contribution in [0.15, 0.2) is 36.5 Å². The zero-order chi connectivity index (χ0) is 18.2. The average molecular weight is 341 g/mol. The van der Waals surface area contributed by atoms with Crippen molar-refractivity contribution in [1.29, 1.82) is 0 Å². The highest BCUT2D eigenvalue weighted by molar-refractivity contribution is 5.93. The lowest BCUT2D eigenvalue weighted by atomic mass is 10.2. The lowest BCUT2D eigenvalue weighted by molar-refractivity contribution is -0.114. The number of hydrogen-bond acceptors (Lipinski definition) is 4. The minimum absolute atomic E-state index is 0.154. The van der Waals surface area contributed by atoms with Gasteiger partial charge in [0, 0.05) is 37.6 Å². The van der Waals surface area contributed by atoms with Crippen molar-refractivity contribution in [1.82, 2.24) is 10.3 Å². The van der Waals surface area contributed by atoms with Crippen molar-refractivity contribution in [2.75, 3.05) is 22.5 Å². The SMILES string of the molecule is CCNc1cc(CNC(=O)Nc2ccc(C)c(NC(C)=O)c2)ccn1. The Hall–Kier alpha value is -3.09. The van der Waals surface area contributed by atoms with Crippen LogP contribution in [-0.2, 0) is 11.3 Å². The van der Waals surface area contributed by atoms with Gasteiger partial charge in [-0.05, 0) is 49.2 Å². The number of rotatable bonds is 6. The molecule has 7 heteroatoms. The summed E-state index contributed by atoms with van der Waals surface area (Å²) < 4.78 is 0. The van der Waals surface area contributed by atoms with Gasteiger partial charge in [-0.3, -0.25) is 4.79 Å². The molecular formula is C18H23N5O2. The minimum atomic E-state index is -0.320. The number of carbonyl (C=O) groups is 2. The van der Waals surface area contributed by atoms with Gasteiger partial charge in [-0.15, -0.1) is 0 Å². The van der Waals surface area contributed by atoms with E-state index in [-0.39, 0.29) is 11.9 Å². The maximum atomic E-state index is 12.1. The Morgan fingerprint density at radius 1 is 1.12 bits per heavy atom. The zero-order valence-corrected chi connectivity index (χ0v) is 14.6.